The highest BCUT2D eigenvalue weighted by Gasteiger charge is 2.81. The average Bonchev–Trinajstić information content (AvgIpc) is 2.34. The molecule has 94 valence electrons. The van der Waals surface area contributed by atoms with Gasteiger partial charge in [0.2, 0.25) is 5.91 Å². The molecule has 2 aliphatic heterocycles. The zero-order valence-corrected chi connectivity index (χ0v) is 9.07. The Morgan fingerprint density at radius 1 is 1.59 bits per heavy atom. The minimum absolute atomic E-state index is 0.0354. The van der Waals surface area contributed by atoms with Crippen LogP contribution in [-0.4, -0.2) is 52.7 Å². The minimum Gasteiger partial charge on any atom is -0.393 e. The number of ether oxygens (including phenoxy) is 2. The first-order chi connectivity index (χ1) is 8.01. The SMILES string of the molecule is NC(=O)CC=NC1OC2(CO)CC3(O)OC1C32. The van der Waals surface area contributed by atoms with Crippen LogP contribution in [0.2, 0.25) is 0 Å². The van der Waals surface area contributed by atoms with Gasteiger partial charge in [-0.15, -0.1) is 0 Å². The zero-order valence-electron chi connectivity index (χ0n) is 9.07. The van der Waals surface area contributed by atoms with E-state index in [4.69, 9.17) is 15.2 Å². The third-order valence-electron chi connectivity index (χ3n) is 3.72. The molecule has 7 heteroatoms. The van der Waals surface area contributed by atoms with Crippen LogP contribution in [0.25, 0.3) is 0 Å². The topological polar surface area (TPSA) is 114 Å². The lowest BCUT2D eigenvalue weighted by Gasteiger charge is -2.62. The molecule has 5 unspecified atom stereocenters. The molecule has 3 rings (SSSR count). The van der Waals surface area contributed by atoms with Crippen molar-refractivity contribution in [3.8, 4) is 0 Å². The Balaban J connectivity index is 1.70. The molecule has 0 bridgehead atoms. The van der Waals surface area contributed by atoms with Crippen molar-refractivity contribution in [1.29, 1.82) is 0 Å². The highest BCUT2D eigenvalue weighted by atomic mass is 16.7. The van der Waals surface area contributed by atoms with Gasteiger partial charge in [0, 0.05) is 12.6 Å². The Hall–Kier alpha value is -1.02. The van der Waals surface area contributed by atoms with E-state index in [-0.39, 0.29) is 31.5 Å². The molecule has 0 aromatic rings. The van der Waals surface area contributed by atoms with E-state index in [1.807, 2.05) is 0 Å². The van der Waals surface area contributed by atoms with Crippen LogP contribution in [0.15, 0.2) is 4.99 Å². The lowest BCUT2D eigenvalue weighted by Crippen LogP contribution is -2.77. The van der Waals surface area contributed by atoms with Crippen molar-refractivity contribution in [3.05, 3.63) is 0 Å². The molecule has 3 aliphatic rings. The fraction of sp³-hybridized carbons (Fsp3) is 0.800. The molecule has 17 heavy (non-hydrogen) atoms. The highest BCUT2D eigenvalue weighted by Crippen LogP contribution is 2.65. The van der Waals surface area contributed by atoms with Gasteiger partial charge in [0.25, 0.3) is 0 Å². The Kier molecular flexibility index (Phi) is 2.13. The van der Waals surface area contributed by atoms with Gasteiger partial charge >= 0.3 is 0 Å². The number of aliphatic hydroxyl groups excluding tert-OH is 1. The summed E-state index contributed by atoms with van der Waals surface area (Å²) in [4.78, 5) is 14.6. The van der Waals surface area contributed by atoms with Gasteiger partial charge in [-0.2, -0.15) is 0 Å². The first-order valence-electron chi connectivity index (χ1n) is 5.50. The van der Waals surface area contributed by atoms with Crippen LogP contribution in [0.5, 0.6) is 0 Å². The summed E-state index contributed by atoms with van der Waals surface area (Å²) in [5, 5.41) is 19.2. The molecule has 1 saturated carbocycles. The summed E-state index contributed by atoms with van der Waals surface area (Å²) in [5.74, 6) is -1.85. The molecule has 1 aliphatic carbocycles. The molecule has 2 saturated heterocycles. The van der Waals surface area contributed by atoms with Crippen molar-refractivity contribution in [2.24, 2.45) is 16.6 Å². The molecule has 3 fully saturated rings. The van der Waals surface area contributed by atoms with E-state index in [9.17, 15) is 15.0 Å². The minimum atomic E-state index is -1.15. The standard InChI is InChI=1S/C10H14N2O5/c11-5(14)1-2-12-8-6-7-9(4-13,17-8)3-10(7,15)16-6/h2,6-8,13,15H,1,3-4H2,(H2,11,14). The van der Waals surface area contributed by atoms with Gasteiger partial charge in [0.15, 0.2) is 12.0 Å². The molecular weight excluding hydrogens is 228 g/mol. The van der Waals surface area contributed by atoms with Gasteiger partial charge in [-0.05, 0) is 0 Å². The van der Waals surface area contributed by atoms with Crippen LogP contribution in [0.3, 0.4) is 0 Å². The third-order valence-corrected chi connectivity index (χ3v) is 3.72. The molecule has 5 atom stereocenters. The molecule has 2 heterocycles. The number of aliphatic hydroxyl groups is 2. The molecule has 0 spiro atoms. The summed E-state index contributed by atoms with van der Waals surface area (Å²) in [6.45, 7) is -0.165. The second-order valence-electron chi connectivity index (χ2n) is 4.82. The van der Waals surface area contributed by atoms with Gasteiger partial charge in [0.1, 0.15) is 11.7 Å². The third kappa shape index (κ3) is 1.30. The van der Waals surface area contributed by atoms with Crippen LogP contribution in [-0.2, 0) is 14.3 Å². The fourth-order valence-corrected chi connectivity index (χ4v) is 3.03. The monoisotopic (exact) mass is 242 g/mol. The van der Waals surface area contributed by atoms with Crippen LogP contribution < -0.4 is 5.73 Å². The summed E-state index contributed by atoms with van der Waals surface area (Å²) in [7, 11) is 0. The van der Waals surface area contributed by atoms with E-state index in [1.165, 1.54) is 6.21 Å². The van der Waals surface area contributed by atoms with Gasteiger partial charge in [-0.1, -0.05) is 0 Å². The van der Waals surface area contributed by atoms with Crippen molar-refractivity contribution >= 4 is 12.1 Å². The summed E-state index contributed by atoms with van der Waals surface area (Å²) in [6, 6.07) is 0. The fourth-order valence-electron chi connectivity index (χ4n) is 3.03. The highest BCUT2D eigenvalue weighted by molar-refractivity contribution is 5.88. The van der Waals surface area contributed by atoms with Gasteiger partial charge in [-0.25, -0.2) is 0 Å². The predicted octanol–water partition coefficient (Wildman–Crippen LogP) is -1.87. The lowest BCUT2D eigenvalue weighted by molar-refractivity contribution is -0.433. The predicted molar refractivity (Wildman–Crippen MR) is 54.9 cm³/mol. The van der Waals surface area contributed by atoms with Crippen molar-refractivity contribution in [3.63, 3.8) is 0 Å². The number of primary amides is 1. The largest absolute Gasteiger partial charge is 0.393 e. The van der Waals surface area contributed by atoms with E-state index in [0.29, 0.717) is 0 Å². The molecule has 1 amide bonds. The lowest BCUT2D eigenvalue weighted by atomic mass is 9.59. The normalized spacial score (nSPS) is 50.8. The van der Waals surface area contributed by atoms with E-state index in [0.717, 1.165) is 0 Å². The number of aliphatic imine (C=N–C) groups is 1. The second kappa shape index (κ2) is 3.26. The average molecular weight is 242 g/mol. The van der Waals surface area contributed by atoms with Crippen molar-refractivity contribution in [2.45, 2.75) is 36.6 Å². The van der Waals surface area contributed by atoms with Crippen LogP contribution in [0.4, 0.5) is 0 Å². The molecule has 0 aromatic carbocycles. The van der Waals surface area contributed by atoms with Gasteiger partial charge in [-0.3, -0.25) is 9.79 Å². The van der Waals surface area contributed by atoms with Crippen LogP contribution in [0, 0.1) is 5.92 Å². The number of carbonyl (C=O) groups is 1. The molecular formula is C10H14N2O5. The Morgan fingerprint density at radius 3 is 2.88 bits per heavy atom. The Labute approximate surface area is 97.2 Å². The second-order valence-corrected chi connectivity index (χ2v) is 4.82. The number of hydrogen-bond acceptors (Lipinski definition) is 6. The number of carbonyl (C=O) groups excluding carboxylic acids is 1. The molecule has 4 N–H and O–H groups in total. The number of hydrogen-bond donors (Lipinski definition) is 3. The summed E-state index contributed by atoms with van der Waals surface area (Å²) in [6.07, 6.45) is 0.760. The number of amides is 1. The van der Waals surface area contributed by atoms with Crippen molar-refractivity contribution < 1.29 is 24.5 Å². The molecule has 0 radical (unpaired) electrons. The van der Waals surface area contributed by atoms with Gasteiger partial charge in [0.05, 0.1) is 18.9 Å². The Bertz CT molecular complexity index is 400. The molecule has 7 nitrogen and oxygen atoms in total. The van der Waals surface area contributed by atoms with E-state index in [1.54, 1.807) is 0 Å². The number of rotatable bonds is 4. The number of nitrogens with two attached hydrogens (primary N) is 1. The summed E-state index contributed by atoms with van der Waals surface area (Å²) in [5.41, 5.74) is 4.25. The maximum Gasteiger partial charge on any atom is 0.222 e. The maximum absolute atomic E-state index is 10.6. The van der Waals surface area contributed by atoms with Crippen LogP contribution in [0.1, 0.15) is 12.8 Å². The van der Waals surface area contributed by atoms with Crippen molar-refractivity contribution in [2.75, 3.05) is 6.61 Å². The van der Waals surface area contributed by atoms with Crippen molar-refractivity contribution in [1.82, 2.24) is 0 Å². The Morgan fingerprint density at radius 2 is 2.35 bits per heavy atom. The quantitative estimate of drug-likeness (QED) is 0.499. The number of nitrogens with zero attached hydrogens (tertiary/aromatic N) is 1. The smallest absolute Gasteiger partial charge is 0.222 e. The first-order valence-corrected chi connectivity index (χ1v) is 5.50. The van der Waals surface area contributed by atoms with E-state index < -0.39 is 23.5 Å². The first kappa shape index (κ1) is 11.1. The van der Waals surface area contributed by atoms with Crippen LogP contribution >= 0.6 is 0 Å². The summed E-state index contributed by atoms with van der Waals surface area (Å²) < 4.78 is 10.9. The van der Waals surface area contributed by atoms with E-state index >= 15 is 0 Å². The van der Waals surface area contributed by atoms with E-state index in [2.05, 4.69) is 4.99 Å². The zero-order chi connectivity index (χ0) is 12.3. The van der Waals surface area contributed by atoms with Gasteiger partial charge < -0.3 is 25.4 Å². The summed E-state index contributed by atoms with van der Waals surface area (Å²) >= 11 is 0. The molecule has 0 aromatic heterocycles. The maximum atomic E-state index is 10.6.